The largest absolute Gasteiger partial charge is 0.481 e. The van der Waals surface area contributed by atoms with Crippen LogP contribution in [0.4, 0.5) is 0 Å². The molecular weight excluding hydrogens is 262 g/mol. The summed E-state index contributed by atoms with van der Waals surface area (Å²) < 4.78 is 5.45. The van der Waals surface area contributed by atoms with E-state index in [0.717, 1.165) is 5.56 Å². The maximum atomic E-state index is 11.7. The van der Waals surface area contributed by atoms with Crippen molar-refractivity contribution in [1.29, 1.82) is 0 Å². The normalized spacial score (nSPS) is 13.3. The summed E-state index contributed by atoms with van der Waals surface area (Å²) in [6, 6.07) is 7.30. The van der Waals surface area contributed by atoms with Crippen molar-refractivity contribution in [3.8, 4) is 5.75 Å². The third kappa shape index (κ3) is 5.27. The monoisotopic (exact) mass is 281 g/mol. The van der Waals surface area contributed by atoms with Crippen molar-refractivity contribution in [1.82, 2.24) is 5.32 Å². The molecule has 0 aliphatic carbocycles. The first kappa shape index (κ1) is 16.0. The number of aliphatic carboxylic acids is 1. The molecule has 0 aliphatic heterocycles. The van der Waals surface area contributed by atoms with Crippen LogP contribution in [0.3, 0.4) is 0 Å². The molecule has 2 atom stereocenters. The number of hydrogen-bond acceptors (Lipinski definition) is 4. The van der Waals surface area contributed by atoms with Gasteiger partial charge in [0.05, 0.1) is 0 Å². The second-order valence-electron chi connectivity index (χ2n) is 4.51. The van der Waals surface area contributed by atoms with E-state index in [1.807, 2.05) is 19.1 Å². The van der Waals surface area contributed by atoms with Gasteiger partial charge in [-0.1, -0.05) is 17.7 Å². The Bertz CT molecular complexity index is 457. The molecule has 6 heteroatoms. The molecule has 0 radical (unpaired) electrons. The van der Waals surface area contributed by atoms with Crippen molar-refractivity contribution in [2.75, 3.05) is 6.54 Å². The van der Waals surface area contributed by atoms with Crippen molar-refractivity contribution >= 4 is 11.9 Å². The van der Waals surface area contributed by atoms with E-state index in [4.69, 9.17) is 14.9 Å². The Balaban J connectivity index is 2.35. The Morgan fingerprint density at radius 3 is 2.45 bits per heavy atom. The Kier molecular flexibility index (Phi) is 5.99. The van der Waals surface area contributed by atoms with Crippen molar-refractivity contribution in [3.63, 3.8) is 0 Å². The Morgan fingerprint density at radius 2 is 1.90 bits per heavy atom. The minimum Gasteiger partial charge on any atom is -0.481 e. The first-order valence-corrected chi connectivity index (χ1v) is 6.32. The van der Waals surface area contributed by atoms with Gasteiger partial charge in [0.1, 0.15) is 5.75 Å². The third-order valence-electron chi connectivity index (χ3n) is 2.71. The minimum atomic E-state index is -1.47. The van der Waals surface area contributed by atoms with Crippen LogP contribution in [0, 0.1) is 6.92 Å². The van der Waals surface area contributed by atoms with Crippen LogP contribution in [0.5, 0.6) is 5.75 Å². The average molecular weight is 281 g/mol. The molecule has 0 bridgehead atoms. The Morgan fingerprint density at radius 1 is 1.30 bits per heavy atom. The van der Waals surface area contributed by atoms with Crippen LogP contribution in [0.1, 0.15) is 18.9 Å². The molecule has 0 spiro atoms. The number of carbonyl (C=O) groups is 2. The molecule has 1 amide bonds. The molecule has 6 nitrogen and oxygen atoms in total. The van der Waals surface area contributed by atoms with E-state index in [-0.39, 0.29) is 18.9 Å². The Hall–Kier alpha value is -2.08. The number of carboxylic acids is 1. The van der Waals surface area contributed by atoms with E-state index in [1.54, 1.807) is 19.1 Å². The molecule has 0 saturated carbocycles. The zero-order valence-corrected chi connectivity index (χ0v) is 11.5. The van der Waals surface area contributed by atoms with Gasteiger partial charge in [-0.2, -0.15) is 0 Å². The van der Waals surface area contributed by atoms with Crippen LogP contribution in [0.2, 0.25) is 0 Å². The van der Waals surface area contributed by atoms with Gasteiger partial charge in [-0.15, -0.1) is 0 Å². The van der Waals surface area contributed by atoms with E-state index < -0.39 is 18.2 Å². The molecule has 0 fully saturated rings. The summed E-state index contributed by atoms with van der Waals surface area (Å²) in [6.45, 7) is 3.63. The predicted molar refractivity (Wildman–Crippen MR) is 72.5 cm³/mol. The van der Waals surface area contributed by atoms with Crippen LogP contribution >= 0.6 is 0 Å². The van der Waals surface area contributed by atoms with Gasteiger partial charge in [0.2, 0.25) is 0 Å². The van der Waals surface area contributed by atoms with Gasteiger partial charge in [-0.05, 0) is 26.0 Å². The lowest BCUT2D eigenvalue weighted by Crippen LogP contribution is -2.38. The number of aryl methyl sites for hydroxylation is 1. The predicted octanol–water partition coefficient (Wildman–Crippen LogP) is 0.714. The topological polar surface area (TPSA) is 95.9 Å². The van der Waals surface area contributed by atoms with E-state index in [0.29, 0.717) is 5.75 Å². The first-order valence-electron chi connectivity index (χ1n) is 6.32. The SMILES string of the molecule is Cc1ccc(OC(C)C(=O)NCC[C@H](O)C(=O)O)cc1. The van der Waals surface area contributed by atoms with E-state index in [1.165, 1.54) is 0 Å². The lowest BCUT2D eigenvalue weighted by Gasteiger charge is -2.15. The maximum Gasteiger partial charge on any atom is 0.332 e. The number of carboxylic acid groups (broad SMARTS) is 1. The summed E-state index contributed by atoms with van der Waals surface area (Å²) >= 11 is 0. The van der Waals surface area contributed by atoms with E-state index in [9.17, 15) is 9.59 Å². The summed E-state index contributed by atoms with van der Waals surface area (Å²) in [4.78, 5) is 22.1. The summed E-state index contributed by atoms with van der Waals surface area (Å²) in [6.07, 6.45) is -2.21. The second kappa shape index (κ2) is 7.49. The molecule has 110 valence electrons. The lowest BCUT2D eigenvalue weighted by molar-refractivity contribution is -0.147. The van der Waals surface area contributed by atoms with Crippen molar-refractivity contribution in [2.45, 2.75) is 32.5 Å². The van der Waals surface area contributed by atoms with Crippen molar-refractivity contribution < 1.29 is 24.5 Å². The highest BCUT2D eigenvalue weighted by Crippen LogP contribution is 2.13. The van der Waals surface area contributed by atoms with Gasteiger partial charge >= 0.3 is 5.97 Å². The van der Waals surface area contributed by atoms with Crippen LogP contribution in [0.25, 0.3) is 0 Å². The van der Waals surface area contributed by atoms with Gasteiger partial charge in [0.15, 0.2) is 12.2 Å². The number of rotatable bonds is 7. The van der Waals surface area contributed by atoms with Crippen LogP contribution in [-0.2, 0) is 9.59 Å². The number of carbonyl (C=O) groups excluding carboxylic acids is 1. The number of aliphatic hydroxyl groups excluding tert-OH is 1. The molecule has 1 aromatic carbocycles. The van der Waals surface area contributed by atoms with Crippen molar-refractivity contribution in [3.05, 3.63) is 29.8 Å². The second-order valence-corrected chi connectivity index (χ2v) is 4.51. The number of aliphatic hydroxyl groups is 1. The highest BCUT2D eigenvalue weighted by Gasteiger charge is 2.16. The first-order chi connectivity index (χ1) is 9.40. The zero-order valence-electron chi connectivity index (χ0n) is 11.5. The molecule has 0 aromatic heterocycles. The average Bonchev–Trinajstić information content (AvgIpc) is 2.40. The lowest BCUT2D eigenvalue weighted by atomic mass is 10.2. The highest BCUT2D eigenvalue weighted by molar-refractivity contribution is 5.80. The minimum absolute atomic E-state index is 0.0433. The molecule has 1 rings (SSSR count). The fourth-order valence-corrected chi connectivity index (χ4v) is 1.47. The van der Waals surface area contributed by atoms with Gasteiger partial charge in [0, 0.05) is 13.0 Å². The number of amides is 1. The maximum absolute atomic E-state index is 11.7. The molecule has 3 N–H and O–H groups in total. The van der Waals surface area contributed by atoms with Crippen LogP contribution < -0.4 is 10.1 Å². The molecule has 0 aliphatic rings. The molecule has 0 heterocycles. The third-order valence-corrected chi connectivity index (χ3v) is 2.71. The molecule has 20 heavy (non-hydrogen) atoms. The standard InChI is InChI=1S/C14H19NO5/c1-9-3-5-11(6-4-9)20-10(2)13(17)15-8-7-12(16)14(18)19/h3-6,10,12,16H,7-8H2,1-2H3,(H,15,17)(H,18,19)/t10?,12-/m0/s1. The molecule has 0 saturated heterocycles. The van der Waals surface area contributed by atoms with Gasteiger partial charge < -0.3 is 20.3 Å². The van der Waals surface area contributed by atoms with Crippen molar-refractivity contribution in [2.24, 2.45) is 0 Å². The quantitative estimate of drug-likeness (QED) is 0.684. The summed E-state index contributed by atoms with van der Waals surface area (Å²) in [7, 11) is 0. The molecule has 1 aromatic rings. The van der Waals surface area contributed by atoms with Gasteiger partial charge in [-0.3, -0.25) is 4.79 Å². The highest BCUT2D eigenvalue weighted by atomic mass is 16.5. The van der Waals surface area contributed by atoms with Gasteiger partial charge in [-0.25, -0.2) is 4.79 Å². The molecule has 1 unspecified atom stereocenters. The number of nitrogens with one attached hydrogen (secondary N) is 1. The summed E-state index contributed by atoms with van der Waals surface area (Å²) in [5.41, 5.74) is 1.09. The summed E-state index contributed by atoms with van der Waals surface area (Å²) in [5.74, 6) is -1.07. The van der Waals surface area contributed by atoms with E-state index in [2.05, 4.69) is 5.32 Å². The van der Waals surface area contributed by atoms with Gasteiger partial charge in [0.25, 0.3) is 5.91 Å². The number of ether oxygens (including phenoxy) is 1. The summed E-state index contributed by atoms with van der Waals surface area (Å²) in [5, 5.41) is 20.1. The van der Waals surface area contributed by atoms with E-state index >= 15 is 0 Å². The fraction of sp³-hybridized carbons (Fsp3) is 0.429. The zero-order chi connectivity index (χ0) is 15.1. The smallest absolute Gasteiger partial charge is 0.332 e. The van der Waals surface area contributed by atoms with Crippen LogP contribution in [-0.4, -0.2) is 40.8 Å². The Labute approximate surface area is 117 Å². The fourth-order valence-electron chi connectivity index (χ4n) is 1.47. The number of hydrogen-bond donors (Lipinski definition) is 3. The number of benzene rings is 1. The molecular formula is C14H19NO5. The van der Waals surface area contributed by atoms with Crippen LogP contribution in [0.15, 0.2) is 24.3 Å².